The number of halogens is 2. The molecule has 7 nitrogen and oxygen atoms in total. The molecule has 0 fully saturated rings. The Hall–Kier alpha value is -2.59. The fourth-order valence-electron chi connectivity index (χ4n) is 4.32. The van der Waals surface area contributed by atoms with Crippen molar-refractivity contribution in [3.8, 4) is 11.4 Å². The molecule has 0 aliphatic carbocycles. The number of nitrogens with zero attached hydrogens (tertiary/aromatic N) is 5. The van der Waals surface area contributed by atoms with Crippen molar-refractivity contribution in [1.82, 2.24) is 29.4 Å². The molecule has 10 heteroatoms. The van der Waals surface area contributed by atoms with Crippen LogP contribution < -0.4 is 5.32 Å². The number of fused-ring (bicyclic) bond motifs is 1. The molecule has 0 saturated carbocycles. The fraction of sp³-hybridized carbons (Fsp3) is 0.500. The van der Waals surface area contributed by atoms with E-state index in [4.69, 9.17) is 12.2 Å². The Bertz CT molecular complexity index is 1070. The van der Waals surface area contributed by atoms with Gasteiger partial charge in [0.15, 0.2) is 10.6 Å². The minimum atomic E-state index is -2.52. The first-order chi connectivity index (χ1) is 15.5. The SMILES string of the molecule is CCN(CC)CCCn1c(-c2cnn3c2NC(c2ccccc2)CC3C(F)F)n[nH]c1=S. The molecular weight excluding hydrogens is 432 g/mol. The molecule has 0 bridgehead atoms. The normalized spacial score (nSPS) is 18.2. The maximum Gasteiger partial charge on any atom is 0.260 e. The number of anilines is 1. The second kappa shape index (κ2) is 9.91. The number of rotatable bonds is 9. The lowest BCUT2D eigenvalue weighted by molar-refractivity contribution is 0.0659. The average molecular weight is 462 g/mol. The second-order valence-electron chi connectivity index (χ2n) is 7.98. The molecule has 3 heterocycles. The highest BCUT2D eigenvalue weighted by molar-refractivity contribution is 7.71. The van der Waals surface area contributed by atoms with Gasteiger partial charge in [0, 0.05) is 6.54 Å². The summed E-state index contributed by atoms with van der Waals surface area (Å²) in [5.74, 6) is 1.17. The Morgan fingerprint density at radius 1 is 1.22 bits per heavy atom. The third-order valence-corrected chi connectivity index (χ3v) is 6.45. The van der Waals surface area contributed by atoms with Gasteiger partial charge >= 0.3 is 0 Å². The molecule has 172 valence electrons. The first kappa shape index (κ1) is 22.6. The van der Waals surface area contributed by atoms with Crippen LogP contribution in [0.2, 0.25) is 0 Å². The third kappa shape index (κ3) is 4.47. The van der Waals surface area contributed by atoms with Gasteiger partial charge in [0.25, 0.3) is 6.43 Å². The maximum atomic E-state index is 14.0. The van der Waals surface area contributed by atoms with Gasteiger partial charge in [-0.1, -0.05) is 44.2 Å². The fourth-order valence-corrected chi connectivity index (χ4v) is 4.55. The van der Waals surface area contributed by atoms with E-state index in [0.717, 1.165) is 31.6 Å². The molecular formula is C22H29F2N7S. The van der Waals surface area contributed by atoms with Crippen LogP contribution >= 0.6 is 12.2 Å². The molecule has 0 radical (unpaired) electrons. The maximum absolute atomic E-state index is 14.0. The molecule has 4 rings (SSSR count). The van der Waals surface area contributed by atoms with E-state index in [1.165, 1.54) is 4.68 Å². The quantitative estimate of drug-likeness (QED) is 0.444. The van der Waals surface area contributed by atoms with Gasteiger partial charge in [-0.3, -0.25) is 9.67 Å². The van der Waals surface area contributed by atoms with Crippen molar-refractivity contribution in [2.75, 3.05) is 25.0 Å². The minimum absolute atomic E-state index is 0.240. The molecule has 1 aromatic carbocycles. The summed E-state index contributed by atoms with van der Waals surface area (Å²) < 4.78 is 31.8. The number of aromatic nitrogens is 5. The van der Waals surface area contributed by atoms with Crippen molar-refractivity contribution in [3.63, 3.8) is 0 Å². The van der Waals surface area contributed by atoms with Gasteiger partial charge in [0.05, 0.1) is 17.8 Å². The standard InChI is InChI=1S/C22H29F2N7S/c1-3-29(4-2)11-8-12-30-21(27-28-22(30)32)16-14-25-31-18(19(23)24)13-17(26-20(16)31)15-9-6-5-7-10-15/h5-7,9-10,14,17-19,26H,3-4,8,11-13H2,1-2H3,(H,28,32). The van der Waals surface area contributed by atoms with Crippen LogP contribution in [-0.2, 0) is 6.54 Å². The Labute approximate surface area is 191 Å². The summed E-state index contributed by atoms with van der Waals surface area (Å²) in [6, 6.07) is 8.41. The Morgan fingerprint density at radius 3 is 2.66 bits per heavy atom. The van der Waals surface area contributed by atoms with Crippen molar-refractivity contribution in [1.29, 1.82) is 0 Å². The number of H-pyrrole nitrogens is 1. The highest BCUT2D eigenvalue weighted by Crippen LogP contribution is 2.41. The number of benzene rings is 1. The van der Waals surface area contributed by atoms with Gasteiger partial charge in [0.2, 0.25) is 0 Å². The van der Waals surface area contributed by atoms with Crippen LogP contribution in [0, 0.1) is 4.77 Å². The molecule has 2 aromatic heterocycles. The summed E-state index contributed by atoms with van der Waals surface area (Å²) in [4.78, 5) is 2.35. The Morgan fingerprint density at radius 2 is 1.97 bits per heavy atom. The molecule has 1 aliphatic heterocycles. The second-order valence-corrected chi connectivity index (χ2v) is 8.37. The van der Waals surface area contributed by atoms with Crippen molar-refractivity contribution in [2.45, 2.75) is 51.7 Å². The number of hydrogen-bond donors (Lipinski definition) is 2. The first-order valence-corrected chi connectivity index (χ1v) is 11.5. The van der Waals surface area contributed by atoms with Crippen LogP contribution in [0.25, 0.3) is 11.4 Å². The van der Waals surface area contributed by atoms with Crippen LogP contribution in [0.4, 0.5) is 14.6 Å². The zero-order valence-corrected chi connectivity index (χ0v) is 19.2. The monoisotopic (exact) mass is 461 g/mol. The topological polar surface area (TPSA) is 66.7 Å². The number of hydrogen-bond acceptors (Lipinski definition) is 5. The molecule has 0 amide bonds. The predicted molar refractivity (Wildman–Crippen MR) is 124 cm³/mol. The summed E-state index contributed by atoms with van der Waals surface area (Å²) in [5.41, 5.74) is 1.64. The summed E-state index contributed by atoms with van der Waals surface area (Å²) in [7, 11) is 0. The van der Waals surface area contributed by atoms with Crippen LogP contribution in [0.3, 0.4) is 0 Å². The Balaban J connectivity index is 1.65. The smallest absolute Gasteiger partial charge is 0.260 e. The van der Waals surface area contributed by atoms with Crippen molar-refractivity contribution in [2.24, 2.45) is 0 Å². The molecule has 2 unspecified atom stereocenters. The van der Waals surface area contributed by atoms with Gasteiger partial charge in [-0.05, 0) is 50.3 Å². The van der Waals surface area contributed by atoms with Gasteiger partial charge in [0.1, 0.15) is 11.9 Å². The lowest BCUT2D eigenvalue weighted by Crippen LogP contribution is -2.31. The number of alkyl halides is 2. The third-order valence-electron chi connectivity index (χ3n) is 6.14. The predicted octanol–water partition coefficient (Wildman–Crippen LogP) is 4.90. The van der Waals surface area contributed by atoms with Crippen molar-refractivity contribution >= 4 is 18.0 Å². The lowest BCUT2D eigenvalue weighted by Gasteiger charge is -2.32. The molecule has 0 saturated heterocycles. The molecule has 1 aliphatic rings. The van der Waals surface area contributed by atoms with E-state index < -0.39 is 12.5 Å². The summed E-state index contributed by atoms with van der Waals surface area (Å²) >= 11 is 5.47. The van der Waals surface area contributed by atoms with E-state index in [1.807, 2.05) is 34.9 Å². The van der Waals surface area contributed by atoms with E-state index in [9.17, 15) is 8.78 Å². The molecule has 0 spiro atoms. The Kier molecular flexibility index (Phi) is 7.00. The van der Waals surface area contributed by atoms with Crippen LogP contribution in [0.5, 0.6) is 0 Å². The van der Waals surface area contributed by atoms with E-state index in [-0.39, 0.29) is 12.5 Å². The average Bonchev–Trinajstić information content (AvgIpc) is 3.39. The zero-order chi connectivity index (χ0) is 22.7. The van der Waals surface area contributed by atoms with E-state index in [0.29, 0.717) is 28.5 Å². The molecule has 32 heavy (non-hydrogen) atoms. The zero-order valence-electron chi connectivity index (χ0n) is 18.3. The number of nitrogens with one attached hydrogen (secondary N) is 2. The summed E-state index contributed by atoms with van der Waals surface area (Å²) in [6.07, 6.45) is 0.250. The van der Waals surface area contributed by atoms with Crippen molar-refractivity contribution < 1.29 is 8.78 Å². The van der Waals surface area contributed by atoms with Crippen LogP contribution in [0.1, 0.15) is 44.3 Å². The minimum Gasteiger partial charge on any atom is -0.363 e. The van der Waals surface area contributed by atoms with E-state index in [2.05, 4.69) is 39.4 Å². The summed E-state index contributed by atoms with van der Waals surface area (Å²) in [5, 5.41) is 15.0. The highest BCUT2D eigenvalue weighted by Gasteiger charge is 2.36. The first-order valence-electron chi connectivity index (χ1n) is 11.1. The van der Waals surface area contributed by atoms with Crippen LogP contribution in [-0.4, -0.2) is 55.5 Å². The van der Waals surface area contributed by atoms with Crippen molar-refractivity contribution in [3.05, 3.63) is 46.9 Å². The van der Waals surface area contributed by atoms with E-state index in [1.54, 1.807) is 6.20 Å². The van der Waals surface area contributed by atoms with Gasteiger partial charge < -0.3 is 10.2 Å². The largest absolute Gasteiger partial charge is 0.363 e. The molecule has 2 N–H and O–H groups in total. The van der Waals surface area contributed by atoms with E-state index >= 15 is 0 Å². The van der Waals surface area contributed by atoms with Gasteiger partial charge in [-0.2, -0.15) is 10.2 Å². The molecule has 2 atom stereocenters. The van der Waals surface area contributed by atoms with Gasteiger partial charge in [-0.15, -0.1) is 0 Å². The molecule has 3 aromatic rings. The highest BCUT2D eigenvalue weighted by atomic mass is 32.1. The van der Waals surface area contributed by atoms with Crippen LogP contribution in [0.15, 0.2) is 36.5 Å². The summed E-state index contributed by atoms with van der Waals surface area (Å²) in [6.45, 7) is 7.92. The number of aromatic amines is 1. The van der Waals surface area contributed by atoms with Gasteiger partial charge in [-0.25, -0.2) is 13.5 Å². The lowest BCUT2D eigenvalue weighted by atomic mass is 9.97.